The van der Waals surface area contributed by atoms with Crippen molar-refractivity contribution in [3.8, 4) is 0 Å². The number of ether oxygens (including phenoxy) is 1. The number of H-pyrrole nitrogens is 1. The van der Waals surface area contributed by atoms with Crippen LogP contribution in [0.15, 0.2) is 42.9 Å². The molecule has 1 saturated heterocycles. The first-order valence-electron chi connectivity index (χ1n) is 11.4. The first-order valence-corrected chi connectivity index (χ1v) is 11.4. The Bertz CT molecular complexity index is 994. The van der Waals surface area contributed by atoms with Gasteiger partial charge in [-0.15, -0.1) is 0 Å². The Balaban J connectivity index is 1.86. The number of rotatable bonds is 12. The van der Waals surface area contributed by atoms with Gasteiger partial charge in [0.2, 0.25) is 11.4 Å². The molecular formula is C24H30N4O6. The highest BCUT2D eigenvalue weighted by atomic mass is 16.5. The van der Waals surface area contributed by atoms with E-state index in [4.69, 9.17) is 4.74 Å². The van der Waals surface area contributed by atoms with Gasteiger partial charge in [0.1, 0.15) is 12.6 Å². The topological polar surface area (TPSA) is 142 Å². The zero-order valence-corrected chi connectivity index (χ0v) is 19.2. The summed E-state index contributed by atoms with van der Waals surface area (Å²) in [6.07, 6.45) is 5.10. The van der Waals surface area contributed by atoms with Crippen LogP contribution in [0.5, 0.6) is 0 Å². The number of aliphatic carboxylic acids is 1. The highest BCUT2D eigenvalue weighted by molar-refractivity contribution is 6.12. The van der Waals surface area contributed by atoms with Gasteiger partial charge in [0.25, 0.3) is 5.91 Å². The second kappa shape index (κ2) is 11.4. The average molecular weight is 471 g/mol. The van der Waals surface area contributed by atoms with Gasteiger partial charge in [0.15, 0.2) is 0 Å². The number of imidazole rings is 1. The molecule has 0 bridgehead atoms. The normalized spacial score (nSPS) is 18.5. The minimum Gasteiger partial charge on any atom is -0.480 e. The van der Waals surface area contributed by atoms with Crippen molar-refractivity contribution in [2.24, 2.45) is 0 Å². The van der Waals surface area contributed by atoms with E-state index >= 15 is 0 Å². The van der Waals surface area contributed by atoms with Crippen LogP contribution in [0.4, 0.5) is 0 Å². The molecule has 1 unspecified atom stereocenters. The number of benzene rings is 1. The molecule has 2 amide bonds. The number of carboxylic acid groups (broad SMARTS) is 1. The van der Waals surface area contributed by atoms with Gasteiger partial charge < -0.3 is 25.0 Å². The van der Waals surface area contributed by atoms with Crippen LogP contribution in [0.1, 0.15) is 50.3 Å². The zero-order valence-electron chi connectivity index (χ0n) is 19.2. The summed E-state index contributed by atoms with van der Waals surface area (Å²) in [5, 5.41) is 12.2. The van der Waals surface area contributed by atoms with Crippen molar-refractivity contribution in [2.45, 2.75) is 63.6 Å². The smallest absolute Gasteiger partial charge is 0.342 e. The molecule has 3 N–H and O–H groups in total. The number of carboxylic acids is 1. The maximum Gasteiger partial charge on any atom is 0.342 e. The minimum absolute atomic E-state index is 0.00289. The number of likely N-dealkylation sites (tertiary alicyclic amines) is 1. The second-order valence-electron chi connectivity index (χ2n) is 8.30. The highest BCUT2D eigenvalue weighted by Gasteiger charge is 2.58. The van der Waals surface area contributed by atoms with Gasteiger partial charge in [-0.1, -0.05) is 50.1 Å². The number of carbonyl (C=O) groups is 4. The molecule has 1 aromatic heterocycles. The van der Waals surface area contributed by atoms with E-state index in [1.807, 2.05) is 13.0 Å². The lowest BCUT2D eigenvalue weighted by molar-refractivity contribution is -0.167. The second-order valence-corrected chi connectivity index (χ2v) is 8.30. The Morgan fingerprint density at radius 2 is 2.03 bits per heavy atom. The molecule has 0 radical (unpaired) electrons. The monoisotopic (exact) mass is 470 g/mol. The number of amides is 2. The van der Waals surface area contributed by atoms with E-state index in [-0.39, 0.29) is 38.3 Å². The highest BCUT2D eigenvalue weighted by Crippen LogP contribution is 2.33. The molecular weight excluding hydrogens is 440 g/mol. The molecule has 1 fully saturated rings. The summed E-state index contributed by atoms with van der Waals surface area (Å²) < 4.78 is 5.51. The summed E-state index contributed by atoms with van der Waals surface area (Å²) in [6, 6.07) is 7.66. The summed E-state index contributed by atoms with van der Waals surface area (Å²) >= 11 is 0. The summed E-state index contributed by atoms with van der Waals surface area (Å²) in [5.74, 6) is -3.32. The fourth-order valence-corrected chi connectivity index (χ4v) is 4.08. The zero-order chi connectivity index (χ0) is 24.6. The van der Waals surface area contributed by atoms with Crippen LogP contribution >= 0.6 is 0 Å². The Hall–Kier alpha value is -3.69. The van der Waals surface area contributed by atoms with E-state index in [1.54, 1.807) is 24.3 Å². The predicted molar refractivity (Wildman–Crippen MR) is 121 cm³/mol. The van der Waals surface area contributed by atoms with Gasteiger partial charge in [0, 0.05) is 25.6 Å². The Morgan fingerprint density at radius 1 is 1.26 bits per heavy atom. The number of hydrogen-bond acceptors (Lipinski definition) is 6. The van der Waals surface area contributed by atoms with Crippen molar-refractivity contribution in [1.82, 2.24) is 20.2 Å². The van der Waals surface area contributed by atoms with E-state index in [0.29, 0.717) is 12.1 Å². The van der Waals surface area contributed by atoms with Crippen molar-refractivity contribution in [1.29, 1.82) is 0 Å². The van der Waals surface area contributed by atoms with Crippen molar-refractivity contribution in [2.75, 3.05) is 6.54 Å². The first-order chi connectivity index (χ1) is 16.4. The molecule has 1 aliphatic heterocycles. The van der Waals surface area contributed by atoms with Crippen LogP contribution < -0.4 is 5.32 Å². The van der Waals surface area contributed by atoms with Crippen LogP contribution in [-0.2, 0) is 36.9 Å². The lowest BCUT2D eigenvalue weighted by Gasteiger charge is -2.35. The van der Waals surface area contributed by atoms with Gasteiger partial charge in [-0.05, 0) is 18.4 Å². The maximum absolute atomic E-state index is 13.6. The number of carbonyl (C=O) groups excluding carboxylic acids is 3. The molecule has 0 saturated carbocycles. The quantitative estimate of drug-likeness (QED) is 0.244. The number of aromatic nitrogens is 2. The number of esters is 1. The lowest BCUT2D eigenvalue weighted by Crippen LogP contribution is -2.64. The number of unbranched alkanes of at least 4 members (excludes halogenated alkanes) is 2. The number of hydrogen-bond donors (Lipinski definition) is 3. The van der Waals surface area contributed by atoms with Crippen molar-refractivity contribution in [3.63, 3.8) is 0 Å². The fourth-order valence-electron chi connectivity index (χ4n) is 4.08. The summed E-state index contributed by atoms with van der Waals surface area (Å²) in [7, 11) is 0. The largest absolute Gasteiger partial charge is 0.480 e. The van der Waals surface area contributed by atoms with Crippen LogP contribution in [0.3, 0.4) is 0 Å². The summed E-state index contributed by atoms with van der Waals surface area (Å²) in [4.78, 5) is 59.6. The lowest BCUT2D eigenvalue weighted by atomic mass is 9.93. The molecule has 1 aliphatic rings. The van der Waals surface area contributed by atoms with Gasteiger partial charge in [-0.2, -0.15) is 0 Å². The van der Waals surface area contributed by atoms with E-state index in [0.717, 1.165) is 18.4 Å². The van der Waals surface area contributed by atoms with E-state index in [9.17, 15) is 24.3 Å². The number of nitrogens with zero attached hydrogens (tertiary/aromatic N) is 2. The molecule has 10 nitrogen and oxygen atoms in total. The summed E-state index contributed by atoms with van der Waals surface area (Å²) in [5.41, 5.74) is -0.746. The fraction of sp³-hybridized carbons (Fsp3) is 0.458. The predicted octanol–water partition coefficient (Wildman–Crippen LogP) is 1.82. The van der Waals surface area contributed by atoms with Crippen molar-refractivity contribution >= 4 is 23.8 Å². The molecule has 2 atom stereocenters. The number of nitrogens with one attached hydrogen (secondary N) is 2. The molecule has 0 aliphatic carbocycles. The average Bonchev–Trinajstić information content (AvgIpc) is 3.46. The van der Waals surface area contributed by atoms with Crippen molar-refractivity contribution < 1.29 is 29.0 Å². The van der Waals surface area contributed by atoms with Gasteiger partial charge >= 0.3 is 11.9 Å². The first kappa shape index (κ1) is 24.9. The Morgan fingerprint density at radius 3 is 2.68 bits per heavy atom. The van der Waals surface area contributed by atoms with Crippen LogP contribution in [0.2, 0.25) is 0 Å². The third kappa shape index (κ3) is 5.62. The van der Waals surface area contributed by atoms with E-state index in [2.05, 4.69) is 15.3 Å². The third-order valence-corrected chi connectivity index (χ3v) is 5.95. The van der Waals surface area contributed by atoms with Gasteiger partial charge in [-0.3, -0.25) is 9.59 Å². The molecule has 2 aromatic rings. The number of aromatic amines is 1. The maximum atomic E-state index is 13.6. The van der Waals surface area contributed by atoms with Gasteiger partial charge in [-0.25, -0.2) is 14.6 Å². The standard InChI is InChI=1S/C24H30N4O6/c1-2-3-7-12-28-20(29)10-11-24(28,23(33)34-15-17-8-5-4-6-9-17)22(32)27-19(21(30)31)13-18-14-25-16-26-18/h4-6,8-9,14,16,19H,2-3,7,10-13,15H2,1H3,(H,25,26)(H,27,32)(H,30,31)/t19?,24-/m0/s1. The van der Waals surface area contributed by atoms with E-state index < -0.39 is 29.4 Å². The van der Waals surface area contributed by atoms with Crippen LogP contribution in [0.25, 0.3) is 0 Å². The third-order valence-electron chi connectivity index (χ3n) is 5.95. The van der Waals surface area contributed by atoms with Crippen LogP contribution in [-0.4, -0.2) is 61.9 Å². The molecule has 34 heavy (non-hydrogen) atoms. The Labute approximate surface area is 197 Å². The summed E-state index contributed by atoms with van der Waals surface area (Å²) in [6.45, 7) is 2.14. The molecule has 0 spiro atoms. The van der Waals surface area contributed by atoms with Crippen LogP contribution in [0, 0.1) is 0 Å². The molecule has 2 heterocycles. The van der Waals surface area contributed by atoms with E-state index in [1.165, 1.54) is 17.4 Å². The molecule has 1 aromatic carbocycles. The molecule has 3 rings (SSSR count). The van der Waals surface area contributed by atoms with Gasteiger partial charge in [0.05, 0.1) is 12.0 Å². The minimum atomic E-state index is -1.92. The SMILES string of the molecule is CCCCCN1C(=O)CC[C@]1(C(=O)NC(Cc1c[nH]cn1)C(=O)O)C(=O)OCc1ccccc1. The van der Waals surface area contributed by atoms with Crippen molar-refractivity contribution in [3.05, 3.63) is 54.1 Å². The Kier molecular flexibility index (Phi) is 8.39. The molecule has 182 valence electrons. The molecule has 10 heteroatoms.